The zero-order chi connectivity index (χ0) is 14.6. The van der Waals surface area contributed by atoms with Gasteiger partial charge in [0.25, 0.3) is 0 Å². The Morgan fingerprint density at radius 3 is 2.86 bits per heavy atom. The van der Waals surface area contributed by atoms with Crippen LogP contribution in [0.2, 0.25) is 0 Å². The molecular formula is C17H19N3O. The van der Waals surface area contributed by atoms with Crippen molar-refractivity contribution < 1.29 is 4.79 Å². The van der Waals surface area contributed by atoms with Crippen LogP contribution in [0.25, 0.3) is 16.6 Å². The maximum absolute atomic E-state index is 12.0. The number of carbonyl (C=O) groups is 1. The van der Waals surface area contributed by atoms with Gasteiger partial charge in [-0.25, -0.2) is 4.98 Å². The number of nitrogens with zero attached hydrogens (tertiary/aromatic N) is 1. The number of rotatable bonds is 1. The molecule has 0 unspecified atom stereocenters. The molecule has 4 rings (SSSR count). The minimum Gasteiger partial charge on any atom is -0.338 e. The fraction of sp³-hybridized carbons (Fsp3) is 0.412. The highest BCUT2D eigenvalue weighted by atomic mass is 16.2. The van der Waals surface area contributed by atoms with E-state index < -0.39 is 5.41 Å². The van der Waals surface area contributed by atoms with Crippen molar-refractivity contribution >= 4 is 28.2 Å². The average Bonchev–Trinajstić information content (AvgIpc) is 2.98. The largest absolute Gasteiger partial charge is 0.338 e. The van der Waals surface area contributed by atoms with Crippen molar-refractivity contribution in [1.82, 2.24) is 9.97 Å². The number of aromatic nitrogens is 2. The second-order valence-corrected chi connectivity index (χ2v) is 6.55. The number of amides is 1. The predicted molar refractivity (Wildman–Crippen MR) is 84.2 cm³/mol. The number of allylic oxidation sites excluding steroid dienone is 2. The number of benzene rings is 1. The van der Waals surface area contributed by atoms with Crippen molar-refractivity contribution in [3.63, 3.8) is 0 Å². The lowest BCUT2D eigenvalue weighted by molar-refractivity contribution is -0.119. The first kappa shape index (κ1) is 12.6. The molecule has 1 aromatic carbocycles. The summed E-state index contributed by atoms with van der Waals surface area (Å²) in [6.07, 6.45) is 7.05. The van der Waals surface area contributed by atoms with Crippen molar-refractivity contribution in [2.24, 2.45) is 0 Å². The number of hydrogen-bond donors (Lipinski definition) is 2. The molecule has 2 N–H and O–H groups in total. The van der Waals surface area contributed by atoms with Crippen molar-refractivity contribution in [2.75, 3.05) is 5.32 Å². The third-order valence-corrected chi connectivity index (χ3v) is 4.71. The molecule has 1 amide bonds. The molecule has 4 nitrogen and oxygen atoms in total. The molecule has 2 aliphatic rings. The number of hydrogen-bond acceptors (Lipinski definition) is 2. The number of carbonyl (C=O) groups excluding carboxylic acids is 1. The second-order valence-electron chi connectivity index (χ2n) is 6.55. The summed E-state index contributed by atoms with van der Waals surface area (Å²) in [5.74, 6) is 1.04. The Morgan fingerprint density at radius 1 is 1.24 bits per heavy atom. The highest BCUT2D eigenvalue weighted by Gasteiger charge is 2.38. The first-order valence-corrected chi connectivity index (χ1v) is 7.61. The maximum Gasteiger partial charge on any atom is 0.234 e. The molecule has 0 saturated carbocycles. The van der Waals surface area contributed by atoms with E-state index >= 15 is 0 Å². The molecular weight excluding hydrogens is 262 g/mol. The zero-order valence-electron chi connectivity index (χ0n) is 12.4. The van der Waals surface area contributed by atoms with Crippen molar-refractivity contribution in [1.29, 1.82) is 0 Å². The van der Waals surface area contributed by atoms with Gasteiger partial charge in [-0.1, -0.05) is 6.08 Å². The fourth-order valence-electron chi connectivity index (χ4n) is 3.28. The van der Waals surface area contributed by atoms with Crippen LogP contribution in [-0.4, -0.2) is 15.9 Å². The SMILES string of the molecule is CC1(C)C(=O)Nc2cc3nc(C4=CCCCC4)[nH]c3cc21. The Bertz CT molecular complexity index is 783. The van der Waals surface area contributed by atoms with E-state index in [2.05, 4.69) is 22.4 Å². The van der Waals surface area contributed by atoms with E-state index in [0.29, 0.717) is 0 Å². The maximum atomic E-state index is 12.0. The zero-order valence-corrected chi connectivity index (χ0v) is 12.4. The summed E-state index contributed by atoms with van der Waals surface area (Å²) in [5, 5.41) is 2.96. The van der Waals surface area contributed by atoms with Gasteiger partial charge in [0.15, 0.2) is 0 Å². The van der Waals surface area contributed by atoms with Gasteiger partial charge in [0.1, 0.15) is 5.82 Å². The van der Waals surface area contributed by atoms with Crippen LogP contribution in [0.5, 0.6) is 0 Å². The first-order valence-electron chi connectivity index (χ1n) is 7.61. The lowest BCUT2D eigenvalue weighted by atomic mass is 9.86. The molecule has 1 aliphatic heterocycles. The summed E-state index contributed by atoms with van der Waals surface area (Å²) < 4.78 is 0. The van der Waals surface area contributed by atoms with Gasteiger partial charge in [-0.15, -0.1) is 0 Å². The highest BCUT2D eigenvalue weighted by Crippen LogP contribution is 2.39. The Balaban J connectivity index is 1.84. The summed E-state index contributed by atoms with van der Waals surface area (Å²) in [6, 6.07) is 4.06. The molecule has 0 bridgehead atoms. The van der Waals surface area contributed by atoms with Gasteiger partial charge in [-0.3, -0.25) is 4.79 Å². The van der Waals surface area contributed by atoms with E-state index in [9.17, 15) is 4.79 Å². The minimum atomic E-state index is -0.473. The number of aromatic amines is 1. The number of fused-ring (bicyclic) bond motifs is 2. The fourth-order valence-corrected chi connectivity index (χ4v) is 3.28. The molecule has 0 atom stereocenters. The van der Waals surface area contributed by atoms with Gasteiger partial charge < -0.3 is 10.3 Å². The van der Waals surface area contributed by atoms with E-state index in [1.807, 2.05) is 19.9 Å². The van der Waals surface area contributed by atoms with Crippen LogP contribution in [0.4, 0.5) is 5.69 Å². The van der Waals surface area contributed by atoms with Crippen molar-refractivity contribution in [3.8, 4) is 0 Å². The van der Waals surface area contributed by atoms with Crippen LogP contribution >= 0.6 is 0 Å². The van der Waals surface area contributed by atoms with E-state index in [1.54, 1.807) is 0 Å². The second kappa shape index (κ2) is 4.20. The monoisotopic (exact) mass is 281 g/mol. The molecule has 1 aliphatic carbocycles. The topological polar surface area (TPSA) is 57.8 Å². The van der Waals surface area contributed by atoms with Crippen LogP contribution in [0, 0.1) is 0 Å². The van der Waals surface area contributed by atoms with Crippen LogP contribution in [0.1, 0.15) is 50.9 Å². The summed E-state index contributed by atoms with van der Waals surface area (Å²) in [5.41, 5.74) is 4.73. The van der Waals surface area contributed by atoms with Crippen LogP contribution in [0.15, 0.2) is 18.2 Å². The normalized spacial score (nSPS) is 20.3. The molecule has 0 spiro atoms. The number of H-pyrrole nitrogens is 1. The van der Waals surface area contributed by atoms with Crippen LogP contribution in [-0.2, 0) is 10.2 Å². The number of imidazole rings is 1. The smallest absolute Gasteiger partial charge is 0.234 e. The number of anilines is 1. The Kier molecular flexibility index (Phi) is 2.52. The minimum absolute atomic E-state index is 0.0559. The molecule has 21 heavy (non-hydrogen) atoms. The highest BCUT2D eigenvalue weighted by molar-refractivity contribution is 6.07. The first-order chi connectivity index (χ1) is 10.1. The van der Waals surface area contributed by atoms with Gasteiger partial charge in [0, 0.05) is 5.69 Å². The van der Waals surface area contributed by atoms with Crippen LogP contribution in [0.3, 0.4) is 0 Å². The summed E-state index contributed by atoms with van der Waals surface area (Å²) >= 11 is 0. The Labute approximate surface area is 123 Å². The molecule has 4 heteroatoms. The van der Waals surface area contributed by atoms with Gasteiger partial charge in [0.2, 0.25) is 5.91 Å². The lowest BCUT2D eigenvalue weighted by Gasteiger charge is -2.14. The van der Waals surface area contributed by atoms with Gasteiger partial charge in [-0.05, 0) is 62.8 Å². The molecule has 0 radical (unpaired) electrons. The summed E-state index contributed by atoms with van der Waals surface area (Å²) in [4.78, 5) is 20.2. The molecule has 0 fully saturated rings. The number of nitrogens with one attached hydrogen (secondary N) is 2. The van der Waals surface area contributed by atoms with Gasteiger partial charge in [0.05, 0.1) is 16.4 Å². The Hall–Kier alpha value is -2.10. The summed E-state index contributed by atoms with van der Waals surface area (Å²) in [6.45, 7) is 3.92. The van der Waals surface area contributed by atoms with E-state index in [-0.39, 0.29) is 5.91 Å². The van der Waals surface area contributed by atoms with Crippen molar-refractivity contribution in [2.45, 2.75) is 44.9 Å². The van der Waals surface area contributed by atoms with Gasteiger partial charge >= 0.3 is 0 Å². The van der Waals surface area contributed by atoms with Crippen molar-refractivity contribution in [3.05, 3.63) is 29.6 Å². The van der Waals surface area contributed by atoms with E-state index in [0.717, 1.165) is 41.0 Å². The summed E-state index contributed by atoms with van der Waals surface area (Å²) in [7, 11) is 0. The molecule has 2 heterocycles. The third kappa shape index (κ3) is 1.82. The molecule has 1 aromatic heterocycles. The predicted octanol–water partition coefficient (Wildman–Crippen LogP) is 3.75. The van der Waals surface area contributed by atoms with Crippen LogP contribution < -0.4 is 5.32 Å². The lowest BCUT2D eigenvalue weighted by Crippen LogP contribution is -2.26. The third-order valence-electron chi connectivity index (χ3n) is 4.71. The van der Waals surface area contributed by atoms with Gasteiger partial charge in [-0.2, -0.15) is 0 Å². The van der Waals surface area contributed by atoms with E-state index in [4.69, 9.17) is 4.98 Å². The van der Waals surface area contributed by atoms with E-state index in [1.165, 1.54) is 18.4 Å². The molecule has 2 aromatic rings. The average molecular weight is 281 g/mol. The standard InChI is InChI=1S/C17H19N3O/c1-17(2)11-8-13-14(9-12(11)20-16(17)21)19-15(18-13)10-6-4-3-5-7-10/h6,8-9H,3-5,7H2,1-2H3,(H,18,19)(H,20,21). The Morgan fingerprint density at radius 2 is 2.10 bits per heavy atom. The molecule has 108 valence electrons. The quantitative estimate of drug-likeness (QED) is 0.836. The molecule has 0 saturated heterocycles.